The molecule has 0 fully saturated rings. The molecule has 0 aliphatic heterocycles. The fourth-order valence-corrected chi connectivity index (χ4v) is 4.65. The highest BCUT2D eigenvalue weighted by molar-refractivity contribution is 7.80. The van der Waals surface area contributed by atoms with Crippen LogP contribution in [0.25, 0.3) is 15.5 Å². The van der Waals surface area contributed by atoms with Crippen LogP contribution in [0.2, 0.25) is 0 Å². The number of ether oxygens (including phenoxy) is 1. The van der Waals surface area contributed by atoms with E-state index < -0.39 is 0 Å². The Morgan fingerprint density at radius 1 is 1.03 bits per heavy atom. The van der Waals surface area contributed by atoms with E-state index in [-0.39, 0.29) is 11.0 Å². The summed E-state index contributed by atoms with van der Waals surface area (Å²) in [6.07, 6.45) is 0. The molecular formula is C26H22N6O2S2. The summed E-state index contributed by atoms with van der Waals surface area (Å²) in [5.41, 5.74) is 4.23. The average Bonchev–Trinajstić information content (AvgIpc) is 3.47. The Morgan fingerprint density at radius 3 is 2.64 bits per heavy atom. The summed E-state index contributed by atoms with van der Waals surface area (Å²) in [6.45, 7) is 4.26. The van der Waals surface area contributed by atoms with E-state index in [4.69, 9.17) is 17.0 Å². The minimum absolute atomic E-state index is 0.209. The van der Waals surface area contributed by atoms with Gasteiger partial charge in [-0.25, -0.2) is 0 Å². The van der Waals surface area contributed by atoms with Gasteiger partial charge in [0, 0.05) is 16.8 Å². The first-order chi connectivity index (χ1) is 17.5. The highest BCUT2D eigenvalue weighted by atomic mass is 32.1. The number of carbonyl (C=O) groups is 1. The Bertz CT molecular complexity index is 1560. The third kappa shape index (κ3) is 5.24. The van der Waals surface area contributed by atoms with Gasteiger partial charge in [-0.2, -0.15) is 9.61 Å². The molecule has 36 heavy (non-hydrogen) atoms. The van der Waals surface area contributed by atoms with Gasteiger partial charge in [0.05, 0.1) is 0 Å². The van der Waals surface area contributed by atoms with E-state index in [0.717, 1.165) is 38.2 Å². The number of amides is 1. The van der Waals surface area contributed by atoms with E-state index in [0.29, 0.717) is 17.9 Å². The first-order valence-electron chi connectivity index (χ1n) is 11.2. The van der Waals surface area contributed by atoms with Crippen LogP contribution in [0.5, 0.6) is 5.75 Å². The lowest BCUT2D eigenvalue weighted by Gasteiger charge is -2.13. The lowest BCUT2D eigenvalue weighted by atomic mass is 10.1. The van der Waals surface area contributed by atoms with Crippen molar-refractivity contribution in [2.24, 2.45) is 0 Å². The van der Waals surface area contributed by atoms with Gasteiger partial charge in [0.25, 0.3) is 5.91 Å². The molecule has 8 nitrogen and oxygen atoms in total. The summed E-state index contributed by atoms with van der Waals surface area (Å²) in [6, 6.07) is 22.8. The van der Waals surface area contributed by atoms with Crippen LogP contribution in [-0.2, 0) is 6.61 Å². The molecule has 0 bridgehead atoms. The number of aromatic nitrogens is 4. The standard InChI is InChI=1S/C26H22N6O2S2/c1-16-13-20(24-31-32-17(2)29-30-26(32)36-24)11-12-22(16)27-25(35)28-23(33)19-9-6-10-21(14-19)34-15-18-7-4-3-5-8-18/h3-14H,15H2,1-2H3,(H2,27,28,33,35). The van der Waals surface area contributed by atoms with Crippen LogP contribution in [0.15, 0.2) is 72.8 Å². The quantitative estimate of drug-likeness (QED) is 0.302. The molecule has 0 aliphatic carbocycles. The van der Waals surface area contributed by atoms with Crippen LogP contribution in [0, 0.1) is 13.8 Å². The molecule has 0 saturated carbocycles. The molecule has 5 rings (SSSR count). The summed E-state index contributed by atoms with van der Waals surface area (Å²) < 4.78 is 7.56. The molecule has 0 saturated heterocycles. The number of carbonyl (C=O) groups excluding carboxylic acids is 1. The van der Waals surface area contributed by atoms with Gasteiger partial charge >= 0.3 is 0 Å². The molecule has 1 amide bonds. The van der Waals surface area contributed by atoms with E-state index in [1.807, 2.05) is 68.4 Å². The second kappa shape index (κ2) is 10.2. The fourth-order valence-electron chi connectivity index (χ4n) is 3.57. The monoisotopic (exact) mass is 514 g/mol. The van der Waals surface area contributed by atoms with E-state index in [9.17, 15) is 4.79 Å². The zero-order valence-corrected chi connectivity index (χ0v) is 21.2. The SMILES string of the molecule is Cc1cc(-c2nn3c(C)nnc3s2)ccc1NC(=S)NC(=O)c1cccc(OCc2ccccc2)c1. The van der Waals surface area contributed by atoms with Crippen molar-refractivity contribution < 1.29 is 9.53 Å². The first-order valence-corrected chi connectivity index (χ1v) is 12.4. The first kappa shape index (κ1) is 23.6. The van der Waals surface area contributed by atoms with Crippen LogP contribution >= 0.6 is 23.6 Å². The largest absolute Gasteiger partial charge is 0.489 e. The second-order valence-corrected chi connectivity index (χ2v) is 9.45. The molecule has 0 atom stereocenters. The van der Waals surface area contributed by atoms with Crippen molar-refractivity contribution in [2.45, 2.75) is 20.5 Å². The Hall–Kier alpha value is -4.15. The van der Waals surface area contributed by atoms with E-state index in [1.54, 1.807) is 22.7 Å². The lowest BCUT2D eigenvalue weighted by Crippen LogP contribution is -2.34. The van der Waals surface area contributed by atoms with Gasteiger partial charge < -0.3 is 10.1 Å². The van der Waals surface area contributed by atoms with Crippen LogP contribution in [0.4, 0.5) is 5.69 Å². The molecule has 2 N–H and O–H groups in total. The smallest absolute Gasteiger partial charge is 0.257 e. The third-order valence-electron chi connectivity index (χ3n) is 5.44. The van der Waals surface area contributed by atoms with Crippen LogP contribution < -0.4 is 15.4 Å². The van der Waals surface area contributed by atoms with E-state index in [1.165, 1.54) is 11.3 Å². The molecular weight excluding hydrogens is 492 g/mol. The van der Waals surface area contributed by atoms with Gasteiger partial charge in [-0.3, -0.25) is 10.1 Å². The molecule has 2 heterocycles. The predicted molar refractivity (Wildman–Crippen MR) is 144 cm³/mol. The zero-order valence-electron chi connectivity index (χ0n) is 19.6. The normalized spacial score (nSPS) is 10.8. The number of thiocarbonyl (C=S) groups is 1. The van der Waals surface area contributed by atoms with Crippen molar-refractivity contribution in [3.05, 3.63) is 95.3 Å². The van der Waals surface area contributed by atoms with Crippen molar-refractivity contribution in [1.29, 1.82) is 0 Å². The maximum Gasteiger partial charge on any atom is 0.257 e. The molecule has 0 unspecified atom stereocenters. The average molecular weight is 515 g/mol. The summed E-state index contributed by atoms with van der Waals surface area (Å²) in [7, 11) is 0. The molecule has 0 aliphatic rings. The molecule has 2 aromatic heterocycles. The summed E-state index contributed by atoms with van der Waals surface area (Å²) in [5, 5.41) is 19.6. The van der Waals surface area contributed by atoms with E-state index >= 15 is 0 Å². The third-order valence-corrected chi connectivity index (χ3v) is 6.59. The Balaban J connectivity index is 1.21. The number of aryl methyl sites for hydroxylation is 2. The number of anilines is 1. The molecule has 0 radical (unpaired) electrons. The Labute approximate surface area is 217 Å². The molecule has 180 valence electrons. The van der Waals surface area contributed by atoms with Crippen molar-refractivity contribution in [1.82, 2.24) is 25.1 Å². The van der Waals surface area contributed by atoms with Crippen LogP contribution in [-0.4, -0.2) is 30.8 Å². The topological polar surface area (TPSA) is 93.4 Å². The van der Waals surface area contributed by atoms with Gasteiger partial charge in [0.15, 0.2) is 10.9 Å². The Morgan fingerprint density at radius 2 is 1.86 bits per heavy atom. The molecule has 0 spiro atoms. The number of nitrogens with one attached hydrogen (secondary N) is 2. The number of hydrogen-bond donors (Lipinski definition) is 2. The number of hydrogen-bond acceptors (Lipinski definition) is 7. The highest BCUT2D eigenvalue weighted by Crippen LogP contribution is 2.28. The number of nitrogens with zero attached hydrogens (tertiary/aromatic N) is 4. The summed E-state index contributed by atoms with van der Waals surface area (Å²) >= 11 is 6.86. The van der Waals surface area contributed by atoms with Crippen LogP contribution in [0.1, 0.15) is 27.3 Å². The number of benzene rings is 3. The molecule has 5 aromatic rings. The summed E-state index contributed by atoms with van der Waals surface area (Å²) in [5.74, 6) is 1.04. The minimum atomic E-state index is -0.318. The summed E-state index contributed by atoms with van der Waals surface area (Å²) in [4.78, 5) is 13.5. The van der Waals surface area contributed by atoms with Crippen molar-refractivity contribution in [3.63, 3.8) is 0 Å². The maximum atomic E-state index is 12.8. The van der Waals surface area contributed by atoms with Gasteiger partial charge in [-0.05, 0) is 73.6 Å². The number of fused-ring (bicyclic) bond motifs is 1. The lowest BCUT2D eigenvalue weighted by molar-refractivity contribution is 0.0977. The maximum absolute atomic E-state index is 12.8. The van der Waals surface area contributed by atoms with Gasteiger partial charge in [0.2, 0.25) is 4.96 Å². The van der Waals surface area contributed by atoms with Crippen LogP contribution in [0.3, 0.4) is 0 Å². The van der Waals surface area contributed by atoms with Crippen molar-refractivity contribution in [3.8, 4) is 16.3 Å². The van der Waals surface area contributed by atoms with Gasteiger partial charge in [-0.15, -0.1) is 10.2 Å². The van der Waals surface area contributed by atoms with Crippen molar-refractivity contribution in [2.75, 3.05) is 5.32 Å². The minimum Gasteiger partial charge on any atom is -0.489 e. The fraction of sp³-hybridized carbons (Fsp3) is 0.115. The number of rotatable bonds is 6. The highest BCUT2D eigenvalue weighted by Gasteiger charge is 2.13. The second-order valence-electron chi connectivity index (χ2n) is 8.09. The molecule has 10 heteroatoms. The molecule has 3 aromatic carbocycles. The predicted octanol–water partition coefficient (Wildman–Crippen LogP) is 5.18. The van der Waals surface area contributed by atoms with Gasteiger partial charge in [0.1, 0.15) is 17.4 Å². The van der Waals surface area contributed by atoms with E-state index in [2.05, 4.69) is 25.9 Å². The van der Waals surface area contributed by atoms with Crippen molar-refractivity contribution >= 4 is 45.2 Å². The zero-order chi connectivity index (χ0) is 25.1. The Kier molecular flexibility index (Phi) is 6.70. The van der Waals surface area contributed by atoms with Gasteiger partial charge in [-0.1, -0.05) is 47.7 Å².